The zero-order chi connectivity index (χ0) is 14.7. The largest absolute Gasteiger partial charge is 0.496 e. The van der Waals surface area contributed by atoms with E-state index in [0.29, 0.717) is 12.0 Å². The van der Waals surface area contributed by atoms with Gasteiger partial charge in [-0.2, -0.15) is 13.2 Å². The number of ether oxygens (including phenoxy) is 1. The third kappa shape index (κ3) is 3.21. The number of aryl methyl sites for hydroxylation is 1. The number of hydrogen-bond donors (Lipinski definition) is 1. The van der Waals surface area contributed by atoms with E-state index in [1.165, 1.54) is 19.2 Å². The Labute approximate surface area is 111 Å². The molecule has 19 heavy (non-hydrogen) atoms. The normalized spacial score (nSPS) is 15.1. The predicted octanol–water partition coefficient (Wildman–Crippen LogP) is 3.94. The molecule has 0 bridgehead atoms. The summed E-state index contributed by atoms with van der Waals surface area (Å²) in [4.78, 5) is 0. The smallest absolute Gasteiger partial charge is 0.421 e. The van der Waals surface area contributed by atoms with Crippen LogP contribution in [-0.4, -0.2) is 18.4 Å². The minimum Gasteiger partial charge on any atom is -0.496 e. The zero-order valence-electron chi connectivity index (χ0n) is 11.3. The third-order valence-electron chi connectivity index (χ3n) is 3.16. The molecule has 0 fully saturated rings. The molecule has 0 saturated heterocycles. The molecule has 5 heteroatoms. The summed E-state index contributed by atoms with van der Waals surface area (Å²) >= 11 is 0. The van der Waals surface area contributed by atoms with E-state index >= 15 is 0 Å². The summed E-state index contributed by atoms with van der Waals surface area (Å²) in [5.41, 5.74) is -2.42. The summed E-state index contributed by atoms with van der Waals surface area (Å²) in [5, 5.41) is 10.2. The van der Waals surface area contributed by atoms with Gasteiger partial charge in [0.1, 0.15) is 5.75 Å². The van der Waals surface area contributed by atoms with Gasteiger partial charge in [0.05, 0.1) is 7.11 Å². The van der Waals surface area contributed by atoms with E-state index in [-0.39, 0.29) is 24.2 Å². The lowest BCUT2D eigenvalue weighted by atomic mass is 9.86. The van der Waals surface area contributed by atoms with Gasteiger partial charge in [0.25, 0.3) is 0 Å². The highest BCUT2D eigenvalue weighted by molar-refractivity contribution is 5.41. The van der Waals surface area contributed by atoms with Crippen molar-refractivity contribution in [3.05, 3.63) is 29.3 Å². The number of rotatable bonds is 5. The number of methoxy groups -OCH3 is 1. The second kappa shape index (κ2) is 5.82. The summed E-state index contributed by atoms with van der Waals surface area (Å²) in [6.45, 7) is 3.46. The zero-order valence-corrected chi connectivity index (χ0v) is 11.3. The number of aliphatic hydroxyl groups is 1. The summed E-state index contributed by atoms with van der Waals surface area (Å²) in [6, 6.07) is 4.44. The van der Waals surface area contributed by atoms with Crippen molar-refractivity contribution >= 4 is 0 Å². The van der Waals surface area contributed by atoms with Crippen LogP contribution in [0.5, 0.6) is 5.75 Å². The highest BCUT2D eigenvalue weighted by Gasteiger charge is 2.55. The van der Waals surface area contributed by atoms with Crippen LogP contribution in [-0.2, 0) is 5.60 Å². The quantitative estimate of drug-likeness (QED) is 0.882. The van der Waals surface area contributed by atoms with E-state index in [1.807, 2.05) is 0 Å². The maximum Gasteiger partial charge on any atom is 0.421 e. The predicted molar refractivity (Wildman–Crippen MR) is 67.2 cm³/mol. The lowest BCUT2D eigenvalue weighted by molar-refractivity contribution is -0.270. The molecule has 0 amide bonds. The van der Waals surface area contributed by atoms with Crippen LogP contribution in [0.1, 0.15) is 37.3 Å². The van der Waals surface area contributed by atoms with Crippen molar-refractivity contribution in [2.24, 2.45) is 0 Å². The van der Waals surface area contributed by atoms with E-state index in [0.717, 1.165) is 0 Å². The fourth-order valence-corrected chi connectivity index (χ4v) is 2.01. The molecule has 1 rings (SSSR count). The monoisotopic (exact) mass is 276 g/mol. The Morgan fingerprint density at radius 1 is 1.26 bits per heavy atom. The molecule has 1 atom stereocenters. The molecule has 1 unspecified atom stereocenters. The maximum absolute atomic E-state index is 13.3. The molecule has 1 aromatic carbocycles. The van der Waals surface area contributed by atoms with Crippen molar-refractivity contribution in [1.82, 2.24) is 0 Å². The fraction of sp³-hybridized carbons (Fsp3) is 0.571. The molecule has 1 N–H and O–H groups in total. The highest BCUT2D eigenvalue weighted by Crippen LogP contribution is 2.46. The van der Waals surface area contributed by atoms with Gasteiger partial charge in [-0.25, -0.2) is 0 Å². The molecule has 0 saturated carbocycles. The van der Waals surface area contributed by atoms with Gasteiger partial charge in [-0.3, -0.25) is 0 Å². The van der Waals surface area contributed by atoms with Crippen molar-refractivity contribution in [1.29, 1.82) is 0 Å². The Kier molecular flexibility index (Phi) is 4.85. The van der Waals surface area contributed by atoms with E-state index in [1.54, 1.807) is 19.9 Å². The maximum atomic E-state index is 13.3. The highest BCUT2D eigenvalue weighted by atomic mass is 19.4. The third-order valence-corrected chi connectivity index (χ3v) is 3.16. The van der Waals surface area contributed by atoms with Gasteiger partial charge < -0.3 is 9.84 Å². The van der Waals surface area contributed by atoms with Gasteiger partial charge in [-0.15, -0.1) is 0 Å². The molecule has 1 aromatic rings. The van der Waals surface area contributed by atoms with Gasteiger partial charge in [0, 0.05) is 5.56 Å². The molecule has 0 aliphatic heterocycles. The minimum atomic E-state index is -4.73. The minimum absolute atomic E-state index is 0.0570. The Hall–Kier alpha value is -1.23. The van der Waals surface area contributed by atoms with Crippen molar-refractivity contribution in [3.63, 3.8) is 0 Å². The molecule has 0 aliphatic rings. The first-order chi connectivity index (χ1) is 8.76. The standard InChI is InChI=1S/C14H19F3O2/c1-4-5-8-13(18,14(15,16)17)11-9-10(2)6-7-12(11)19-3/h6-7,9,18H,4-5,8H2,1-3H3. The van der Waals surface area contributed by atoms with Crippen LogP contribution in [0, 0.1) is 6.92 Å². The number of alkyl halides is 3. The van der Waals surface area contributed by atoms with Crippen LogP contribution in [0.4, 0.5) is 13.2 Å². The van der Waals surface area contributed by atoms with Crippen LogP contribution in [0.2, 0.25) is 0 Å². The number of benzene rings is 1. The summed E-state index contributed by atoms with van der Waals surface area (Å²) in [6.07, 6.45) is -4.24. The van der Waals surface area contributed by atoms with Gasteiger partial charge in [-0.1, -0.05) is 31.4 Å². The molecule has 2 nitrogen and oxygen atoms in total. The van der Waals surface area contributed by atoms with E-state index in [9.17, 15) is 18.3 Å². The molecule has 0 spiro atoms. The molecular weight excluding hydrogens is 257 g/mol. The van der Waals surface area contributed by atoms with Crippen LogP contribution >= 0.6 is 0 Å². The summed E-state index contributed by atoms with van der Waals surface area (Å²) in [7, 11) is 1.30. The van der Waals surface area contributed by atoms with Gasteiger partial charge in [0.2, 0.25) is 0 Å². The average molecular weight is 276 g/mol. The van der Waals surface area contributed by atoms with Gasteiger partial charge >= 0.3 is 6.18 Å². The Bertz CT molecular complexity index is 429. The summed E-state index contributed by atoms with van der Waals surface area (Å²) < 4.78 is 44.7. The Morgan fingerprint density at radius 2 is 1.89 bits per heavy atom. The van der Waals surface area contributed by atoms with Crippen molar-refractivity contribution in [2.75, 3.05) is 7.11 Å². The lowest BCUT2D eigenvalue weighted by Gasteiger charge is -2.32. The molecule has 0 heterocycles. The van der Waals surface area contributed by atoms with E-state index in [4.69, 9.17) is 4.74 Å². The Morgan fingerprint density at radius 3 is 2.37 bits per heavy atom. The summed E-state index contributed by atoms with van der Waals surface area (Å²) in [5.74, 6) is 0.0570. The first-order valence-electron chi connectivity index (χ1n) is 6.20. The average Bonchev–Trinajstić information content (AvgIpc) is 2.34. The van der Waals surface area contributed by atoms with E-state index in [2.05, 4.69) is 0 Å². The molecule has 0 aromatic heterocycles. The van der Waals surface area contributed by atoms with Gasteiger partial charge in [0.15, 0.2) is 5.60 Å². The first kappa shape index (κ1) is 15.8. The second-order valence-corrected chi connectivity index (χ2v) is 4.67. The van der Waals surface area contributed by atoms with E-state index < -0.39 is 11.8 Å². The van der Waals surface area contributed by atoms with Crippen LogP contribution in [0.15, 0.2) is 18.2 Å². The van der Waals surface area contributed by atoms with Crippen molar-refractivity contribution < 1.29 is 23.0 Å². The lowest BCUT2D eigenvalue weighted by Crippen LogP contribution is -2.42. The van der Waals surface area contributed by atoms with Crippen LogP contribution < -0.4 is 4.74 Å². The molecular formula is C14H19F3O2. The Balaban J connectivity index is 3.36. The topological polar surface area (TPSA) is 29.5 Å². The van der Waals surface area contributed by atoms with Crippen molar-refractivity contribution in [2.45, 2.75) is 44.9 Å². The number of hydrogen-bond acceptors (Lipinski definition) is 2. The number of unbranched alkanes of at least 4 members (excludes halogenated alkanes) is 1. The molecule has 108 valence electrons. The van der Waals surface area contributed by atoms with Gasteiger partial charge in [-0.05, 0) is 25.5 Å². The number of halogens is 3. The fourth-order valence-electron chi connectivity index (χ4n) is 2.01. The molecule has 0 radical (unpaired) electrons. The van der Waals surface area contributed by atoms with Crippen LogP contribution in [0.25, 0.3) is 0 Å². The molecule has 0 aliphatic carbocycles. The second-order valence-electron chi connectivity index (χ2n) is 4.67. The SMILES string of the molecule is CCCCC(O)(c1cc(C)ccc1OC)C(F)(F)F. The van der Waals surface area contributed by atoms with Crippen LogP contribution in [0.3, 0.4) is 0 Å². The van der Waals surface area contributed by atoms with Crippen molar-refractivity contribution in [3.8, 4) is 5.75 Å². The first-order valence-corrected chi connectivity index (χ1v) is 6.20.